The zero-order chi connectivity index (χ0) is 18.0. The second-order valence-corrected chi connectivity index (χ2v) is 6.17. The van der Waals surface area contributed by atoms with E-state index in [2.05, 4.69) is 13.8 Å². The largest absolute Gasteiger partial charge is 0.445 e. The van der Waals surface area contributed by atoms with Crippen molar-refractivity contribution >= 4 is 12.2 Å². The van der Waals surface area contributed by atoms with Gasteiger partial charge in [0.25, 0.3) is 0 Å². The van der Waals surface area contributed by atoms with Crippen LogP contribution in [0.5, 0.6) is 0 Å². The van der Waals surface area contributed by atoms with Crippen molar-refractivity contribution in [2.75, 3.05) is 13.1 Å². The Kier molecular flexibility index (Phi) is 8.16. The van der Waals surface area contributed by atoms with Gasteiger partial charge in [-0.05, 0) is 30.2 Å². The van der Waals surface area contributed by atoms with Gasteiger partial charge in [0.1, 0.15) is 6.61 Å². The molecule has 1 N–H and O–H groups in total. The van der Waals surface area contributed by atoms with Crippen molar-refractivity contribution in [3.05, 3.63) is 35.9 Å². The van der Waals surface area contributed by atoms with Crippen LogP contribution in [0, 0.1) is 5.41 Å². The third kappa shape index (κ3) is 5.80. The van der Waals surface area contributed by atoms with Crippen molar-refractivity contribution in [3.8, 4) is 0 Å². The van der Waals surface area contributed by atoms with Gasteiger partial charge in [-0.2, -0.15) is 9.59 Å². The molecule has 2 rings (SSSR count). The molecule has 1 aliphatic heterocycles. The van der Waals surface area contributed by atoms with Crippen LogP contribution in [0.25, 0.3) is 0 Å². The first-order valence-electron chi connectivity index (χ1n) is 8.09. The van der Waals surface area contributed by atoms with Gasteiger partial charge in [-0.25, -0.2) is 4.79 Å². The van der Waals surface area contributed by atoms with E-state index in [4.69, 9.17) is 14.3 Å². The Bertz CT molecular complexity index is 542. The summed E-state index contributed by atoms with van der Waals surface area (Å²) in [6, 6.07) is 9.67. The molecule has 0 aromatic heterocycles. The van der Waals surface area contributed by atoms with Crippen LogP contribution in [-0.2, 0) is 20.9 Å². The first-order valence-corrected chi connectivity index (χ1v) is 8.09. The molecule has 1 amide bonds. The minimum Gasteiger partial charge on any atom is -0.445 e. The molecule has 6 nitrogen and oxygen atoms in total. The number of hydrogen-bond acceptors (Lipinski definition) is 5. The zero-order valence-corrected chi connectivity index (χ0v) is 14.2. The van der Waals surface area contributed by atoms with Gasteiger partial charge >= 0.3 is 12.2 Å². The van der Waals surface area contributed by atoms with Crippen molar-refractivity contribution in [2.24, 2.45) is 5.41 Å². The number of benzene rings is 1. The first-order chi connectivity index (χ1) is 11.5. The van der Waals surface area contributed by atoms with Crippen LogP contribution in [0.4, 0.5) is 4.79 Å². The normalized spacial score (nSPS) is 23.3. The summed E-state index contributed by atoms with van der Waals surface area (Å²) < 4.78 is 5.37. The molecule has 132 valence electrons. The SMILES string of the molecule is CC[C@@]1(C)CCN(C(=O)OCc2ccccc2)CC[C@H]1O.O=C=O. The van der Waals surface area contributed by atoms with Gasteiger partial charge in [0.15, 0.2) is 0 Å². The minimum atomic E-state index is -0.352. The first kappa shape index (κ1) is 19.9. The molecule has 0 saturated carbocycles. The average Bonchev–Trinajstić information content (AvgIpc) is 2.75. The van der Waals surface area contributed by atoms with E-state index in [1.807, 2.05) is 30.3 Å². The van der Waals surface area contributed by atoms with E-state index in [1.165, 1.54) is 0 Å². The number of rotatable bonds is 3. The maximum absolute atomic E-state index is 12.2. The van der Waals surface area contributed by atoms with Crippen molar-refractivity contribution in [3.63, 3.8) is 0 Å². The summed E-state index contributed by atoms with van der Waals surface area (Å²) in [5.41, 5.74) is 0.883. The van der Waals surface area contributed by atoms with E-state index >= 15 is 0 Å². The van der Waals surface area contributed by atoms with Crippen LogP contribution in [0.15, 0.2) is 30.3 Å². The minimum absolute atomic E-state index is 0.103. The molecule has 0 spiro atoms. The van der Waals surface area contributed by atoms with E-state index in [1.54, 1.807) is 4.90 Å². The van der Waals surface area contributed by atoms with Gasteiger partial charge < -0.3 is 14.7 Å². The van der Waals surface area contributed by atoms with E-state index in [-0.39, 0.29) is 23.8 Å². The lowest BCUT2D eigenvalue weighted by atomic mass is 9.78. The standard InChI is InChI=1S/C17H25NO3.CO2/c1-3-17(2)10-12-18(11-9-15(17)19)16(20)21-13-14-7-5-4-6-8-14;2-1-3/h4-8,15,19H,3,9-13H2,1-2H3;/t15-,17+;/m1./s1. The van der Waals surface area contributed by atoms with Crippen LogP contribution < -0.4 is 0 Å². The lowest BCUT2D eigenvalue weighted by molar-refractivity contribution is -0.191. The lowest BCUT2D eigenvalue weighted by Gasteiger charge is -2.31. The van der Waals surface area contributed by atoms with Crippen LogP contribution in [0.3, 0.4) is 0 Å². The second kappa shape index (κ2) is 9.85. The molecule has 2 atom stereocenters. The van der Waals surface area contributed by atoms with Gasteiger partial charge in [0, 0.05) is 13.1 Å². The Morgan fingerprint density at radius 1 is 1.33 bits per heavy atom. The highest BCUT2D eigenvalue weighted by atomic mass is 16.6. The van der Waals surface area contributed by atoms with Crippen molar-refractivity contribution < 1.29 is 24.2 Å². The van der Waals surface area contributed by atoms with Crippen molar-refractivity contribution in [2.45, 2.75) is 45.8 Å². The predicted molar refractivity (Wildman–Crippen MR) is 86.8 cm³/mol. The van der Waals surface area contributed by atoms with Gasteiger partial charge in [-0.3, -0.25) is 0 Å². The molecule has 0 radical (unpaired) electrons. The van der Waals surface area contributed by atoms with E-state index in [9.17, 15) is 9.90 Å². The van der Waals surface area contributed by atoms with Crippen LogP contribution in [0.1, 0.15) is 38.7 Å². The summed E-state index contributed by atoms with van der Waals surface area (Å²) in [4.78, 5) is 30.1. The fourth-order valence-corrected chi connectivity index (χ4v) is 2.70. The number of amides is 1. The van der Waals surface area contributed by atoms with E-state index in [0.29, 0.717) is 26.1 Å². The average molecular weight is 335 g/mol. The van der Waals surface area contributed by atoms with E-state index in [0.717, 1.165) is 18.4 Å². The summed E-state index contributed by atoms with van der Waals surface area (Å²) >= 11 is 0. The van der Waals surface area contributed by atoms with Crippen molar-refractivity contribution in [1.29, 1.82) is 0 Å². The Morgan fingerprint density at radius 3 is 2.54 bits per heavy atom. The highest BCUT2D eigenvalue weighted by Gasteiger charge is 2.35. The van der Waals surface area contributed by atoms with Crippen LogP contribution in [-0.4, -0.2) is 41.4 Å². The summed E-state index contributed by atoms with van der Waals surface area (Å²) in [7, 11) is 0. The summed E-state index contributed by atoms with van der Waals surface area (Å²) in [6.07, 6.45) is 1.96. The molecular weight excluding hydrogens is 310 g/mol. The highest BCUT2D eigenvalue weighted by molar-refractivity contribution is 5.67. The highest BCUT2D eigenvalue weighted by Crippen LogP contribution is 2.34. The predicted octanol–water partition coefficient (Wildman–Crippen LogP) is 2.61. The number of aliphatic hydroxyl groups is 1. The van der Waals surface area contributed by atoms with Gasteiger partial charge in [0.2, 0.25) is 0 Å². The Morgan fingerprint density at radius 2 is 1.96 bits per heavy atom. The van der Waals surface area contributed by atoms with Crippen LogP contribution >= 0.6 is 0 Å². The summed E-state index contributed by atoms with van der Waals surface area (Å²) in [6.45, 7) is 5.69. The zero-order valence-electron chi connectivity index (χ0n) is 14.2. The molecule has 1 aromatic rings. The summed E-state index contributed by atoms with van der Waals surface area (Å²) in [5.74, 6) is 0. The molecule has 6 heteroatoms. The Hall–Kier alpha value is -2.17. The van der Waals surface area contributed by atoms with Crippen LogP contribution in [0.2, 0.25) is 0 Å². The molecule has 1 aromatic carbocycles. The van der Waals surface area contributed by atoms with Gasteiger partial charge in [-0.1, -0.05) is 44.2 Å². The maximum atomic E-state index is 12.2. The third-order valence-corrected chi connectivity index (χ3v) is 4.70. The quantitative estimate of drug-likeness (QED) is 0.918. The third-order valence-electron chi connectivity index (χ3n) is 4.70. The van der Waals surface area contributed by atoms with E-state index < -0.39 is 0 Å². The number of likely N-dealkylation sites (tertiary alicyclic amines) is 1. The van der Waals surface area contributed by atoms with Gasteiger partial charge in [0.05, 0.1) is 6.10 Å². The lowest BCUT2D eigenvalue weighted by Crippen LogP contribution is -2.33. The molecule has 24 heavy (non-hydrogen) atoms. The molecular formula is C18H25NO5. The molecule has 0 bridgehead atoms. The molecule has 1 heterocycles. The molecule has 1 aliphatic rings. The molecule has 0 aliphatic carbocycles. The maximum Gasteiger partial charge on any atom is 0.410 e. The fourth-order valence-electron chi connectivity index (χ4n) is 2.70. The summed E-state index contributed by atoms with van der Waals surface area (Å²) in [5, 5.41) is 10.2. The molecule has 0 unspecified atom stereocenters. The van der Waals surface area contributed by atoms with Gasteiger partial charge in [-0.15, -0.1) is 0 Å². The smallest absolute Gasteiger partial charge is 0.410 e. The topological polar surface area (TPSA) is 83.9 Å². The van der Waals surface area contributed by atoms with Crippen molar-refractivity contribution in [1.82, 2.24) is 4.90 Å². The Balaban J connectivity index is 0.000000891. The monoisotopic (exact) mass is 335 g/mol. The number of carbonyl (C=O) groups is 1. The molecule has 1 fully saturated rings. The molecule has 1 saturated heterocycles. The number of hydrogen-bond donors (Lipinski definition) is 1. The Labute approximate surface area is 142 Å². The second-order valence-electron chi connectivity index (χ2n) is 6.17. The number of aliphatic hydroxyl groups excluding tert-OH is 1. The number of ether oxygens (including phenoxy) is 1. The fraction of sp³-hybridized carbons (Fsp3) is 0.556. The number of nitrogens with zero attached hydrogens (tertiary/aromatic N) is 1. The number of carbonyl (C=O) groups excluding carboxylic acids is 3.